The first-order valence-electron chi connectivity index (χ1n) is 5.70. The van der Waals surface area contributed by atoms with Crippen molar-refractivity contribution in [3.8, 4) is 0 Å². The molecule has 1 fully saturated rings. The van der Waals surface area contributed by atoms with Gasteiger partial charge in [-0.2, -0.15) is 0 Å². The summed E-state index contributed by atoms with van der Waals surface area (Å²) in [5, 5.41) is 18.8. The van der Waals surface area contributed by atoms with Gasteiger partial charge in [0.05, 0.1) is 24.9 Å². The van der Waals surface area contributed by atoms with Crippen LogP contribution in [0.1, 0.15) is 30.1 Å². The molecule has 0 aliphatic carbocycles. The molecule has 3 atom stereocenters. The fraction of sp³-hybridized carbons (Fsp3) is 0.538. The zero-order chi connectivity index (χ0) is 11.5. The van der Waals surface area contributed by atoms with Gasteiger partial charge in [-0.1, -0.05) is 29.8 Å². The third-order valence-electron chi connectivity index (χ3n) is 3.03. The summed E-state index contributed by atoms with van der Waals surface area (Å²) in [4.78, 5) is 0. The van der Waals surface area contributed by atoms with Crippen molar-refractivity contribution in [2.24, 2.45) is 0 Å². The van der Waals surface area contributed by atoms with E-state index >= 15 is 0 Å². The maximum atomic E-state index is 9.71. The van der Waals surface area contributed by atoms with Crippen LogP contribution in [0.3, 0.4) is 0 Å². The highest BCUT2D eigenvalue weighted by molar-refractivity contribution is 5.23. The minimum Gasteiger partial charge on any atom is -0.394 e. The molecule has 0 aromatic heterocycles. The molecule has 0 bridgehead atoms. The molecule has 1 aliphatic heterocycles. The van der Waals surface area contributed by atoms with E-state index in [1.807, 2.05) is 31.2 Å². The molecule has 0 saturated carbocycles. The Kier molecular flexibility index (Phi) is 3.59. The van der Waals surface area contributed by atoms with Gasteiger partial charge in [-0.3, -0.25) is 0 Å². The third kappa shape index (κ3) is 2.61. The molecule has 16 heavy (non-hydrogen) atoms. The molecule has 2 rings (SSSR count). The van der Waals surface area contributed by atoms with Crippen LogP contribution in [-0.2, 0) is 4.74 Å². The highest BCUT2D eigenvalue weighted by atomic mass is 16.5. The summed E-state index contributed by atoms with van der Waals surface area (Å²) in [5.74, 6) is 0. The number of benzene rings is 1. The van der Waals surface area contributed by atoms with E-state index in [0.717, 1.165) is 5.56 Å². The first kappa shape index (κ1) is 11.6. The van der Waals surface area contributed by atoms with Crippen LogP contribution in [0.4, 0.5) is 0 Å². The molecular weight excluding hydrogens is 204 g/mol. The lowest BCUT2D eigenvalue weighted by Gasteiger charge is -2.32. The van der Waals surface area contributed by atoms with Gasteiger partial charge in [-0.15, -0.1) is 0 Å². The van der Waals surface area contributed by atoms with E-state index in [0.29, 0.717) is 12.8 Å². The van der Waals surface area contributed by atoms with Gasteiger partial charge in [0, 0.05) is 12.8 Å². The summed E-state index contributed by atoms with van der Waals surface area (Å²) in [6, 6.07) is 8.11. The fourth-order valence-electron chi connectivity index (χ4n) is 2.10. The van der Waals surface area contributed by atoms with Crippen molar-refractivity contribution >= 4 is 0 Å². The van der Waals surface area contributed by atoms with Crippen LogP contribution >= 0.6 is 0 Å². The number of hydrogen-bond donors (Lipinski definition) is 2. The normalized spacial score (nSPS) is 30.3. The smallest absolute Gasteiger partial charge is 0.0854 e. The minimum atomic E-state index is -0.378. The lowest BCUT2D eigenvalue weighted by atomic mass is 9.96. The van der Waals surface area contributed by atoms with Gasteiger partial charge in [-0.05, 0) is 12.5 Å². The molecular formula is C13H18O3. The predicted molar refractivity (Wildman–Crippen MR) is 61.1 cm³/mol. The molecule has 1 aliphatic rings. The average molecular weight is 222 g/mol. The van der Waals surface area contributed by atoms with E-state index in [-0.39, 0.29) is 24.9 Å². The van der Waals surface area contributed by atoms with Crippen LogP contribution in [0, 0.1) is 6.92 Å². The fourth-order valence-corrected chi connectivity index (χ4v) is 2.10. The van der Waals surface area contributed by atoms with Gasteiger partial charge in [0.25, 0.3) is 0 Å². The van der Waals surface area contributed by atoms with Gasteiger partial charge >= 0.3 is 0 Å². The monoisotopic (exact) mass is 222 g/mol. The average Bonchev–Trinajstić information content (AvgIpc) is 2.29. The first-order valence-corrected chi connectivity index (χ1v) is 5.70. The van der Waals surface area contributed by atoms with Gasteiger partial charge in [0.2, 0.25) is 0 Å². The third-order valence-corrected chi connectivity index (χ3v) is 3.03. The summed E-state index contributed by atoms with van der Waals surface area (Å²) in [5.41, 5.74) is 2.28. The molecule has 1 aromatic rings. The number of aliphatic hydroxyl groups excluding tert-OH is 2. The number of aryl methyl sites for hydroxylation is 1. The summed E-state index contributed by atoms with van der Waals surface area (Å²) >= 11 is 0. The maximum absolute atomic E-state index is 9.71. The number of aliphatic hydroxyl groups is 2. The SMILES string of the molecule is Cc1ccc(C2CC(O)CC(CO)O2)cc1. The number of rotatable bonds is 2. The Balaban J connectivity index is 2.11. The highest BCUT2D eigenvalue weighted by Crippen LogP contribution is 2.31. The van der Waals surface area contributed by atoms with Crippen molar-refractivity contribution in [1.82, 2.24) is 0 Å². The van der Waals surface area contributed by atoms with Gasteiger partial charge in [-0.25, -0.2) is 0 Å². The lowest BCUT2D eigenvalue weighted by molar-refractivity contribution is -0.113. The van der Waals surface area contributed by atoms with Gasteiger partial charge < -0.3 is 14.9 Å². The number of ether oxygens (including phenoxy) is 1. The van der Waals surface area contributed by atoms with Crippen LogP contribution in [-0.4, -0.2) is 29.0 Å². The molecule has 0 amide bonds. The standard InChI is InChI=1S/C13H18O3/c1-9-2-4-10(5-3-9)13-7-11(15)6-12(8-14)16-13/h2-5,11-15H,6-8H2,1H3. The molecule has 2 N–H and O–H groups in total. The van der Waals surface area contributed by atoms with Crippen molar-refractivity contribution in [2.75, 3.05) is 6.61 Å². The van der Waals surface area contributed by atoms with Crippen molar-refractivity contribution in [1.29, 1.82) is 0 Å². The zero-order valence-electron chi connectivity index (χ0n) is 9.47. The van der Waals surface area contributed by atoms with Crippen molar-refractivity contribution in [2.45, 2.75) is 38.1 Å². The summed E-state index contributed by atoms with van der Waals surface area (Å²) < 4.78 is 5.72. The van der Waals surface area contributed by atoms with E-state index < -0.39 is 0 Å². The second-order valence-corrected chi connectivity index (χ2v) is 4.47. The Hall–Kier alpha value is -0.900. The Morgan fingerprint density at radius 2 is 1.94 bits per heavy atom. The molecule has 1 aromatic carbocycles. The Morgan fingerprint density at radius 1 is 1.25 bits per heavy atom. The Bertz CT molecular complexity index is 334. The van der Waals surface area contributed by atoms with E-state index in [1.165, 1.54) is 5.56 Å². The molecule has 88 valence electrons. The predicted octanol–water partition coefficient (Wildman–Crippen LogP) is 1.57. The lowest BCUT2D eigenvalue weighted by Crippen LogP contribution is -2.33. The van der Waals surface area contributed by atoms with Gasteiger partial charge in [0.1, 0.15) is 0 Å². The molecule has 1 saturated heterocycles. The van der Waals surface area contributed by atoms with Crippen LogP contribution < -0.4 is 0 Å². The van der Waals surface area contributed by atoms with E-state index in [9.17, 15) is 5.11 Å². The van der Waals surface area contributed by atoms with Crippen molar-refractivity contribution in [3.05, 3.63) is 35.4 Å². The minimum absolute atomic E-state index is 0.0284. The first-order chi connectivity index (χ1) is 7.69. The van der Waals surface area contributed by atoms with Gasteiger partial charge in [0.15, 0.2) is 0 Å². The molecule has 0 spiro atoms. The second-order valence-electron chi connectivity index (χ2n) is 4.47. The largest absolute Gasteiger partial charge is 0.394 e. The van der Waals surface area contributed by atoms with Crippen molar-refractivity contribution < 1.29 is 14.9 Å². The number of hydrogen-bond acceptors (Lipinski definition) is 3. The van der Waals surface area contributed by atoms with E-state index in [4.69, 9.17) is 9.84 Å². The van der Waals surface area contributed by atoms with Crippen LogP contribution in [0.2, 0.25) is 0 Å². The second kappa shape index (κ2) is 4.95. The highest BCUT2D eigenvalue weighted by Gasteiger charge is 2.28. The molecule has 3 unspecified atom stereocenters. The summed E-state index contributed by atoms with van der Waals surface area (Å²) in [6.07, 6.45) is 0.423. The van der Waals surface area contributed by atoms with Crippen molar-refractivity contribution in [3.63, 3.8) is 0 Å². The van der Waals surface area contributed by atoms with Crippen LogP contribution in [0.25, 0.3) is 0 Å². The topological polar surface area (TPSA) is 49.7 Å². The van der Waals surface area contributed by atoms with E-state index in [1.54, 1.807) is 0 Å². The quantitative estimate of drug-likeness (QED) is 0.798. The molecule has 0 radical (unpaired) electrons. The summed E-state index contributed by atoms with van der Waals surface area (Å²) in [7, 11) is 0. The van der Waals surface area contributed by atoms with E-state index in [2.05, 4.69) is 0 Å². The maximum Gasteiger partial charge on any atom is 0.0854 e. The Labute approximate surface area is 95.7 Å². The Morgan fingerprint density at radius 3 is 2.56 bits per heavy atom. The van der Waals surface area contributed by atoms with Crippen LogP contribution in [0.15, 0.2) is 24.3 Å². The zero-order valence-corrected chi connectivity index (χ0v) is 9.47. The molecule has 3 nitrogen and oxygen atoms in total. The molecule has 1 heterocycles. The molecule has 3 heteroatoms. The summed E-state index contributed by atoms with van der Waals surface area (Å²) in [6.45, 7) is 2.01. The van der Waals surface area contributed by atoms with Crippen LogP contribution in [0.5, 0.6) is 0 Å².